The van der Waals surface area contributed by atoms with Gasteiger partial charge in [-0.25, -0.2) is 0 Å². The maximum Gasteiger partial charge on any atom is 0.276 e. The Bertz CT molecular complexity index is 778. The molecule has 2 aromatic rings. The summed E-state index contributed by atoms with van der Waals surface area (Å²) in [6, 6.07) is 13.8. The summed E-state index contributed by atoms with van der Waals surface area (Å²) in [5.74, 6) is 1.18. The summed E-state index contributed by atoms with van der Waals surface area (Å²) in [6.45, 7) is 4.59. The third-order valence-corrected chi connectivity index (χ3v) is 3.81. The first kappa shape index (κ1) is 21.1. The molecule has 7 heteroatoms. The minimum atomic E-state index is -0.474. The van der Waals surface area contributed by atoms with Crippen molar-refractivity contribution in [2.75, 3.05) is 20.3 Å². The first-order valence-corrected chi connectivity index (χ1v) is 9.07. The number of hydrogen-bond acceptors (Lipinski definition) is 5. The highest BCUT2D eigenvalue weighted by molar-refractivity contribution is 5.96. The molecule has 2 aromatic carbocycles. The van der Waals surface area contributed by atoms with Gasteiger partial charge in [0.1, 0.15) is 5.75 Å². The minimum Gasteiger partial charge on any atom is -0.493 e. The van der Waals surface area contributed by atoms with Gasteiger partial charge < -0.3 is 14.2 Å². The lowest BCUT2D eigenvalue weighted by Gasteiger charge is -2.13. The highest BCUT2D eigenvalue weighted by atomic mass is 16.5. The molecule has 150 valence electrons. The maximum absolute atomic E-state index is 12.2. The topological polar surface area (TPSA) is 85.9 Å². The molecule has 0 saturated carbocycles. The zero-order chi connectivity index (χ0) is 20.4. The van der Waals surface area contributed by atoms with Gasteiger partial charge >= 0.3 is 0 Å². The van der Waals surface area contributed by atoms with E-state index in [4.69, 9.17) is 14.2 Å². The molecule has 0 atom stereocenters. The van der Waals surface area contributed by atoms with E-state index in [-0.39, 0.29) is 6.61 Å². The summed E-state index contributed by atoms with van der Waals surface area (Å²) < 4.78 is 16.3. The lowest BCUT2D eigenvalue weighted by Crippen LogP contribution is -2.43. The Morgan fingerprint density at radius 1 is 0.964 bits per heavy atom. The molecular formula is C21H26N2O5. The Hall–Kier alpha value is -3.22. The zero-order valence-corrected chi connectivity index (χ0v) is 16.4. The predicted molar refractivity (Wildman–Crippen MR) is 105 cm³/mol. The number of methoxy groups -OCH3 is 1. The molecule has 28 heavy (non-hydrogen) atoms. The SMILES string of the molecule is COc1cc(C(=O)NNC(=O)COc2ccccc2)ccc1OCCC(C)C. The number of rotatable bonds is 9. The quantitative estimate of drug-likeness (QED) is 0.647. The maximum atomic E-state index is 12.2. The number of amides is 2. The van der Waals surface area contributed by atoms with Gasteiger partial charge in [0.2, 0.25) is 0 Å². The van der Waals surface area contributed by atoms with E-state index in [1.54, 1.807) is 42.5 Å². The molecule has 0 unspecified atom stereocenters. The lowest BCUT2D eigenvalue weighted by molar-refractivity contribution is -0.123. The van der Waals surface area contributed by atoms with Crippen molar-refractivity contribution in [1.82, 2.24) is 10.9 Å². The Kier molecular flexibility index (Phi) is 8.14. The highest BCUT2D eigenvalue weighted by Gasteiger charge is 2.12. The van der Waals surface area contributed by atoms with Crippen molar-refractivity contribution in [2.24, 2.45) is 5.92 Å². The molecule has 2 rings (SSSR count). The molecule has 2 N–H and O–H groups in total. The van der Waals surface area contributed by atoms with Crippen LogP contribution in [0.4, 0.5) is 0 Å². The Labute approximate surface area is 165 Å². The summed E-state index contributed by atoms with van der Waals surface area (Å²) in [5.41, 5.74) is 4.99. The van der Waals surface area contributed by atoms with Crippen LogP contribution in [0.5, 0.6) is 17.2 Å². The van der Waals surface area contributed by atoms with Gasteiger partial charge in [0, 0.05) is 5.56 Å². The fourth-order valence-electron chi connectivity index (χ4n) is 2.23. The average molecular weight is 386 g/mol. The van der Waals surface area contributed by atoms with Crippen molar-refractivity contribution in [2.45, 2.75) is 20.3 Å². The first-order valence-electron chi connectivity index (χ1n) is 9.07. The number of hydrogen-bond donors (Lipinski definition) is 2. The Balaban J connectivity index is 1.84. The second-order valence-corrected chi connectivity index (χ2v) is 6.50. The third kappa shape index (κ3) is 6.83. The van der Waals surface area contributed by atoms with Gasteiger partial charge in [0.05, 0.1) is 13.7 Å². The molecule has 0 aromatic heterocycles. The summed E-state index contributed by atoms with van der Waals surface area (Å²) in [5, 5.41) is 0. The van der Waals surface area contributed by atoms with Gasteiger partial charge in [0.25, 0.3) is 11.8 Å². The van der Waals surface area contributed by atoms with Gasteiger partial charge in [-0.1, -0.05) is 32.0 Å². The van der Waals surface area contributed by atoms with Gasteiger partial charge in [-0.15, -0.1) is 0 Å². The van der Waals surface area contributed by atoms with Crippen LogP contribution in [0, 0.1) is 5.92 Å². The van der Waals surface area contributed by atoms with Crippen LogP contribution in [0.1, 0.15) is 30.6 Å². The average Bonchev–Trinajstić information content (AvgIpc) is 2.71. The van der Waals surface area contributed by atoms with Crippen LogP contribution in [0.25, 0.3) is 0 Å². The normalized spacial score (nSPS) is 10.3. The molecule has 2 amide bonds. The molecule has 0 aliphatic heterocycles. The van der Waals surface area contributed by atoms with Crippen LogP contribution >= 0.6 is 0 Å². The summed E-state index contributed by atoms with van der Waals surface area (Å²) >= 11 is 0. The third-order valence-electron chi connectivity index (χ3n) is 3.81. The van der Waals surface area contributed by atoms with E-state index in [1.807, 2.05) is 6.07 Å². The van der Waals surface area contributed by atoms with Gasteiger partial charge in [-0.3, -0.25) is 20.4 Å². The zero-order valence-electron chi connectivity index (χ0n) is 16.4. The fraction of sp³-hybridized carbons (Fsp3) is 0.333. The van der Waals surface area contributed by atoms with Crippen molar-refractivity contribution in [3.05, 3.63) is 54.1 Å². The number of para-hydroxylation sites is 1. The number of nitrogens with one attached hydrogen (secondary N) is 2. The second kappa shape index (κ2) is 10.8. The van der Waals surface area contributed by atoms with E-state index < -0.39 is 11.8 Å². The van der Waals surface area contributed by atoms with Gasteiger partial charge in [0.15, 0.2) is 18.1 Å². The number of carbonyl (C=O) groups is 2. The predicted octanol–water partition coefficient (Wildman–Crippen LogP) is 2.96. The molecule has 0 heterocycles. The van der Waals surface area contributed by atoms with E-state index in [0.717, 1.165) is 6.42 Å². The van der Waals surface area contributed by atoms with Crippen molar-refractivity contribution < 1.29 is 23.8 Å². The molecule has 7 nitrogen and oxygen atoms in total. The van der Waals surface area contributed by atoms with Crippen LogP contribution < -0.4 is 25.1 Å². The lowest BCUT2D eigenvalue weighted by atomic mass is 10.1. The van der Waals surface area contributed by atoms with Crippen LogP contribution in [0.2, 0.25) is 0 Å². The van der Waals surface area contributed by atoms with E-state index in [0.29, 0.717) is 35.3 Å². The monoisotopic (exact) mass is 386 g/mol. The van der Waals surface area contributed by atoms with Crippen LogP contribution in [-0.4, -0.2) is 32.1 Å². The largest absolute Gasteiger partial charge is 0.493 e. The van der Waals surface area contributed by atoms with Gasteiger partial charge in [-0.2, -0.15) is 0 Å². The van der Waals surface area contributed by atoms with Crippen molar-refractivity contribution >= 4 is 11.8 Å². The Morgan fingerprint density at radius 3 is 2.39 bits per heavy atom. The molecule has 0 spiro atoms. The molecule has 0 saturated heterocycles. The second-order valence-electron chi connectivity index (χ2n) is 6.50. The molecular weight excluding hydrogens is 360 g/mol. The molecule has 0 fully saturated rings. The number of carbonyl (C=O) groups excluding carboxylic acids is 2. The highest BCUT2D eigenvalue weighted by Crippen LogP contribution is 2.28. The number of benzene rings is 2. The van der Waals surface area contributed by atoms with E-state index >= 15 is 0 Å². The molecule has 0 bridgehead atoms. The standard InChI is InChI=1S/C21H26N2O5/c1-15(2)11-12-27-18-10-9-16(13-19(18)26-3)21(25)23-22-20(24)14-28-17-7-5-4-6-8-17/h4-10,13,15H,11-12,14H2,1-3H3,(H,22,24)(H,23,25). The van der Waals surface area contributed by atoms with Crippen molar-refractivity contribution in [1.29, 1.82) is 0 Å². The molecule has 0 aliphatic rings. The van der Waals surface area contributed by atoms with Crippen LogP contribution in [-0.2, 0) is 4.79 Å². The number of hydrazine groups is 1. The molecule has 0 aliphatic carbocycles. The summed E-state index contributed by atoms with van der Waals surface area (Å²) in [4.78, 5) is 24.1. The number of ether oxygens (including phenoxy) is 3. The van der Waals surface area contributed by atoms with Crippen molar-refractivity contribution in [3.63, 3.8) is 0 Å². The van der Waals surface area contributed by atoms with Crippen LogP contribution in [0.3, 0.4) is 0 Å². The van der Waals surface area contributed by atoms with E-state index in [2.05, 4.69) is 24.7 Å². The van der Waals surface area contributed by atoms with Crippen LogP contribution in [0.15, 0.2) is 48.5 Å². The fourth-order valence-corrected chi connectivity index (χ4v) is 2.23. The Morgan fingerprint density at radius 2 is 1.71 bits per heavy atom. The summed E-state index contributed by atoms with van der Waals surface area (Å²) in [6.07, 6.45) is 0.919. The first-order chi connectivity index (χ1) is 13.5. The smallest absolute Gasteiger partial charge is 0.276 e. The summed E-state index contributed by atoms with van der Waals surface area (Å²) in [7, 11) is 1.51. The van der Waals surface area contributed by atoms with Gasteiger partial charge in [-0.05, 0) is 42.7 Å². The van der Waals surface area contributed by atoms with Crippen molar-refractivity contribution in [3.8, 4) is 17.2 Å². The van der Waals surface area contributed by atoms with E-state index in [1.165, 1.54) is 7.11 Å². The minimum absolute atomic E-state index is 0.212. The molecule has 0 radical (unpaired) electrons. The van der Waals surface area contributed by atoms with E-state index in [9.17, 15) is 9.59 Å².